The Bertz CT molecular complexity index is 1250. The quantitative estimate of drug-likeness (QED) is 0.380. The number of nitrogens with one attached hydrogen (secondary N) is 2. The maximum atomic E-state index is 12.6. The van der Waals surface area contributed by atoms with Crippen LogP contribution < -0.4 is 15.4 Å². The van der Waals surface area contributed by atoms with Gasteiger partial charge in [-0.05, 0) is 49.6 Å². The lowest BCUT2D eigenvalue weighted by Crippen LogP contribution is -2.21. The number of nitrogens with zero attached hydrogens (tertiary/aromatic N) is 3. The summed E-state index contributed by atoms with van der Waals surface area (Å²) in [5.74, 6) is 2.34. The summed E-state index contributed by atoms with van der Waals surface area (Å²) in [5, 5.41) is 8.87. The lowest BCUT2D eigenvalue weighted by Gasteiger charge is -2.10. The smallest absolute Gasteiger partial charge is 0.263 e. The number of thiazole rings is 1. The van der Waals surface area contributed by atoms with Crippen molar-refractivity contribution in [3.8, 4) is 28.0 Å². The van der Waals surface area contributed by atoms with Crippen LogP contribution in [0.5, 0.6) is 5.75 Å². The van der Waals surface area contributed by atoms with E-state index in [4.69, 9.17) is 9.15 Å². The Balaban J connectivity index is 1.27. The Morgan fingerprint density at radius 1 is 1.21 bits per heavy atom. The summed E-state index contributed by atoms with van der Waals surface area (Å²) in [6, 6.07) is 13.7. The van der Waals surface area contributed by atoms with E-state index in [9.17, 15) is 4.79 Å². The fraction of sp³-hybridized carbons (Fsp3) is 0.250. The third-order valence-corrected chi connectivity index (χ3v) is 5.84. The first-order chi connectivity index (χ1) is 16.1. The molecule has 168 valence electrons. The molecule has 2 N–H and O–H groups in total. The van der Waals surface area contributed by atoms with Gasteiger partial charge in [0.1, 0.15) is 28.0 Å². The molecule has 0 atom stereocenters. The first kappa shape index (κ1) is 21.3. The van der Waals surface area contributed by atoms with Gasteiger partial charge in [0, 0.05) is 30.2 Å². The highest BCUT2D eigenvalue weighted by atomic mass is 32.1. The minimum absolute atomic E-state index is 0.134. The zero-order valence-electron chi connectivity index (χ0n) is 18.1. The van der Waals surface area contributed by atoms with Crippen molar-refractivity contribution in [1.29, 1.82) is 0 Å². The molecule has 5 rings (SSSR count). The molecule has 1 amide bonds. The van der Waals surface area contributed by atoms with Crippen LogP contribution in [0.1, 0.15) is 24.2 Å². The van der Waals surface area contributed by atoms with Gasteiger partial charge in [-0.25, -0.2) is 15.0 Å². The van der Waals surface area contributed by atoms with Crippen molar-refractivity contribution in [3.05, 3.63) is 65.4 Å². The van der Waals surface area contributed by atoms with Crippen LogP contribution in [0.2, 0.25) is 0 Å². The number of amides is 1. The largest absolute Gasteiger partial charge is 0.484 e. The van der Waals surface area contributed by atoms with Crippen LogP contribution in [0.3, 0.4) is 0 Å². The number of carbonyl (C=O) groups excluding carboxylic acids is 1. The van der Waals surface area contributed by atoms with Gasteiger partial charge in [-0.2, -0.15) is 0 Å². The second kappa shape index (κ2) is 9.51. The SMILES string of the molecule is Cc1ccc(-c2nc(NC(=O)COc3cccc(CNC4CC4)c3)cc(-c3nccs3)n2)o1. The molecule has 0 aliphatic heterocycles. The molecule has 1 aromatic carbocycles. The van der Waals surface area contributed by atoms with Crippen LogP contribution in [0.15, 0.2) is 58.5 Å². The fourth-order valence-electron chi connectivity index (χ4n) is 3.26. The minimum atomic E-state index is -0.318. The maximum Gasteiger partial charge on any atom is 0.263 e. The Morgan fingerprint density at radius 3 is 2.88 bits per heavy atom. The summed E-state index contributed by atoms with van der Waals surface area (Å²) in [6.07, 6.45) is 4.19. The highest BCUT2D eigenvalue weighted by Crippen LogP contribution is 2.27. The summed E-state index contributed by atoms with van der Waals surface area (Å²) in [7, 11) is 0. The molecule has 1 fully saturated rings. The van der Waals surface area contributed by atoms with Crippen molar-refractivity contribution in [2.24, 2.45) is 0 Å². The van der Waals surface area contributed by atoms with Crippen molar-refractivity contribution < 1.29 is 13.9 Å². The Kier molecular flexibility index (Phi) is 6.14. The lowest BCUT2D eigenvalue weighted by molar-refractivity contribution is -0.118. The molecular weight excluding hydrogens is 438 g/mol. The van der Waals surface area contributed by atoms with Crippen LogP contribution in [-0.2, 0) is 11.3 Å². The molecule has 4 aromatic rings. The number of rotatable bonds is 9. The van der Waals surface area contributed by atoms with Crippen LogP contribution in [0, 0.1) is 6.92 Å². The first-order valence-corrected chi connectivity index (χ1v) is 11.6. The van der Waals surface area contributed by atoms with Crippen LogP contribution >= 0.6 is 11.3 Å². The van der Waals surface area contributed by atoms with Gasteiger partial charge in [-0.1, -0.05) is 12.1 Å². The van der Waals surface area contributed by atoms with Gasteiger partial charge in [-0.3, -0.25) is 4.79 Å². The van der Waals surface area contributed by atoms with Gasteiger partial charge in [0.05, 0.1) is 0 Å². The van der Waals surface area contributed by atoms with E-state index in [0.29, 0.717) is 34.9 Å². The van der Waals surface area contributed by atoms with Crippen molar-refractivity contribution >= 4 is 23.1 Å². The molecule has 1 aliphatic rings. The molecule has 8 nitrogen and oxygen atoms in total. The monoisotopic (exact) mass is 461 g/mol. The number of aryl methyl sites for hydroxylation is 1. The van der Waals surface area contributed by atoms with E-state index in [0.717, 1.165) is 22.9 Å². The standard InChI is InChI=1S/C24H23N5O3S/c1-15-5-8-20(32-15)23-27-19(24-25-9-10-33-24)12-21(29-23)28-22(30)14-31-18-4-2-3-16(11-18)13-26-17-6-7-17/h2-5,8-12,17,26H,6-7,13-14H2,1H3,(H,27,28,29,30). The van der Waals surface area contributed by atoms with E-state index >= 15 is 0 Å². The number of aromatic nitrogens is 3. The molecule has 0 radical (unpaired) electrons. The summed E-state index contributed by atoms with van der Waals surface area (Å²) in [6.45, 7) is 2.51. The Hall–Kier alpha value is -3.56. The normalized spacial score (nSPS) is 13.1. The van der Waals surface area contributed by atoms with E-state index < -0.39 is 0 Å². The van der Waals surface area contributed by atoms with Crippen molar-refractivity contribution in [2.45, 2.75) is 32.4 Å². The zero-order chi connectivity index (χ0) is 22.6. The molecule has 1 aliphatic carbocycles. The highest BCUT2D eigenvalue weighted by molar-refractivity contribution is 7.13. The fourth-order valence-corrected chi connectivity index (χ4v) is 3.86. The molecule has 1 saturated carbocycles. The summed E-state index contributed by atoms with van der Waals surface area (Å²) >= 11 is 1.46. The van der Waals surface area contributed by atoms with Crippen molar-refractivity contribution in [1.82, 2.24) is 20.3 Å². The predicted molar refractivity (Wildman–Crippen MR) is 126 cm³/mol. The molecule has 3 aromatic heterocycles. The van der Waals surface area contributed by atoms with E-state index in [1.807, 2.05) is 42.6 Å². The molecule has 33 heavy (non-hydrogen) atoms. The van der Waals surface area contributed by atoms with E-state index in [1.54, 1.807) is 18.3 Å². The van der Waals surface area contributed by atoms with Crippen molar-refractivity contribution in [3.63, 3.8) is 0 Å². The van der Waals surface area contributed by atoms with Gasteiger partial charge in [0.15, 0.2) is 18.2 Å². The Morgan fingerprint density at radius 2 is 2.12 bits per heavy atom. The van der Waals surface area contributed by atoms with Crippen LogP contribution in [-0.4, -0.2) is 33.5 Å². The van der Waals surface area contributed by atoms with Gasteiger partial charge >= 0.3 is 0 Å². The second-order valence-corrected chi connectivity index (χ2v) is 8.74. The number of carbonyl (C=O) groups is 1. The van der Waals surface area contributed by atoms with Gasteiger partial charge in [0.25, 0.3) is 5.91 Å². The number of furan rings is 1. The van der Waals surface area contributed by atoms with E-state index in [1.165, 1.54) is 24.2 Å². The number of hydrogen-bond acceptors (Lipinski definition) is 8. The lowest BCUT2D eigenvalue weighted by atomic mass is 10.2. The average molecular weight is 462 g/mol. The number of hydrogen-bond donors (Lipinski definition) is 2. The third kappa shape index (κ3) is 5.63. The zero-order valence-corrected chi connectivity index (χ0v) is 18.9. The summed E-state index contributed by atoms with van der Waals surface area (Å²) < 4.78 is 11.4. The molecule has 0 saturated heterocycles. The molecular formula is C24H23N5O3S. The molecule has 0 unspecified atom stereocenters. The topological polar surface area (TPSA) is 102 Å². The summed E-state index contributed by atoms with van der Waals surface area (Å²) in [4.78, 5) is 25.9. The number of ether oxygens (including phenoxy) is 1. The van der Waals surface area contributed by atoms with Gasteiger partial charge in [0.2, 0.25) is 0 Å². The average Bonchev–Trinajstić information content (AvgIpc) is 3.28. The summed E-state index contributed by atoms with van der Waals surface area (Å²) in [5.41, 5.74) is 1.73. The van der Waals surface area contributed by atoms with Crippen LogP contribution in [0.25, 0.3) is 22.3 Å². The minimum Gasteiger partial charge on any atom is -0.484 e. The van der Waals surface area contributed by atoms with E-state index in [2.05, 4.69) is 25.6 Å². The number of benzene rings is 1. The third-order valence-electron chi connectivity index (χ3n) is 5.05. The van der Waals surface area contributed by atoms with Gasteiger partial charge in [-0.15, -0.1) is 11.3 Å². The predicted octanol–water partition coefficient (Wildman–Crippen LogP) is 4.44. The Labute approximate surface area is 195 Å². The molecule has 3 heterocycles. The molecule has 9 heteroatoms. The molecule has 0 bridgehead atoms. The van der Waals surface area contributed by atoms with Gasteiger partial charge < -0.3 is 19.8 Å². The van der Waals surface area contributed by atoms with E-state index in [-0.39, 0.29) is 12.5 Å². The maximum absolute atomic E-state index is 12.6. The molecule has 0 spiro atoms. The van der Waals surface area contributed by atoms with Crippen LogP contribution in [0.4, 0.5) is 5.82 Å². The second-order valence-electron chi connectivity index (χ2n) is 7.85. The highest BCUT2D eigenvalue weighted by Gasteiger charge is 2.20. The first-order valence-electron chi connectivity index (χ1n) is 10.7. The number of anilines is 1. The van der Waals surface area contributed by atoms with Crippen molar-refractivity contribution in [2.75, 3.05) is 11.9 Å².